The van der Waals surface area contributed by atoms with E-state index in [1.165, 1.54) is 4.88 Å². The van der Waals surface area contributed by atoms with Crippen molar-refractivity contribution in [1.82, 2.24) is 15.2 Å². The molecule has 1 N–H and O–H groups in total. The number of pyridine rings is 1. The Morgan fingerprint density at radius 1 is 1.41 bits per heavy atom. The molecule has 2 heterocycles. The van der Waals surface area contributed by atoms with Gasteiger partial charge in [0, 0.05) is 17.6 Å². The minimum absolute atomic E-state index is 0.149. The van der Waals surface area contributed by atoms with Gasteiger partial charge in [0.2, 0.25) is 5.88 Å². The van der Waals surface area contributed by atoms with Crippen molar-refractivity contribution >= 4 is 17.2 Å². The fourth-order valence-corrected chi connectivity index (χ4v) is 3.04. The zero-order chi connectivity index (χ0) is 15.9. The number of ether oxygens (including phenoxy) is 1. The molecule has 0 aliphatic heterocycles. The molecule has 6 heteroatoms. The minimum Gasteiger partial charge on any atom is -0.477 e. The highest BCUT2D eigenvalue weighted by atomic mass is 32.1. The second-order valence-electron chi connectivity index (χ2n) is 4.99. The minimum atomic E-state index is -0.167. The van der Waals surface area contributed by atoms with Gasteiger partial charge in [0.1, 0.15) is 5.56 Å². The summed E-state index contributed by atoms with van der Waals surface area (Å²) in [7, 11) is 4.01. The number of thiophene rings is 1. The van der Waals surface area contributed by atoms with Crippen molar-refractivity contribution in [2.75, 3.05) is 27.2 Å². The summed E-state index contributed by atoms with van der Waals surface area (Å²) in [5.74, 6) is 0.208. The van der Waals surface area contributed by atoms with E-state index >= 15 is 0 Å². The van der Waals surface area contributed by atoms with Crippen molar-refractivity contribution in [2.45, 2.75) is 13.0 Å². The smallest absolute Gasteiger partial charge is 0.256 e. The van der Waals surface area contributed by atoms with Crippen molar-refractivity contribution < 1.29 is 9.53 Å². The van der Waals surface area contributed by atoms with Crippen molar-refractivity contribution in [1.29, 1.82) is 0 Å². The number of carbonyl (C=O) groups is 1. The molecule has 2 aromatic heterocycles. The van der Waals surface area contributed by atoms with Crippen molar-refractivity contribution in [3.63, 3.8) is 0 Å². The van der Waals surface area contributed by atoms with Crippen LogP contribution >= 0.6 is 11.3 Å². The number of nitrogens with one attached hydrogen (secondary N) is 1. The van der Waals surface area contributed by atoms with Crippen LogP contribution < -0.4 is 10.1 Å². The van der Waals surface area contributed by atoms with E-state index in [-0.39, 0.29) is 11.9 Å². The second-order valence-corrected chi connectivity index (χ2v) is 5.97. The fraction of sp³-hybridized carbons (Fsp3) is 0.375. The second kappa shape index (κ2) is 7.91. The van der Waals surface area contributed by atoms with Gasteiger partial charge < -0.3 is 15.0 Å². The molecule has 2 aromatic rings. The van der Waals surface area contributed by atoms with E-state index in [2.05, 4.69) is 21.3 Å². The first-order chi connectivity index (χ1) is 10.6. The van der Waals surface area contributed by atoms with Crippen molar-refractivity contribution in [3.05, 3.63) is 46.3 Å². The highest BCUT2D eigenvalue weighted by Gasteiger charge is 2.18. The number of nitrogens with zero attached hydrogens (tertiary/aromatic N) is 2. The monoisotopic (exact) mass is 319 g/mol. The van der Waals surface area contributed by atoms with Gasteiger partial charge >= 0.3 is 0 Å². The zero-order valence-electron chi connectivity index (χ0n) is 13.1. The summed E-state index contributed by atoms with van der Waals surface area (Å²) in [5.41, 5.74) is 0.466. The Hall–Kier alpha value is -1.92. The zero-order valence-corrected chi connectivity index (χ0v) is 13.9. The first-order valence-corrected chi connectivity index (χ1v) is 8.07. The Kier molecular flexibility index (Phi) is 5.91. The lowest BCUT2D eigenvalue weighted by Crippen LogP contribution is -2.34. The average Bonchev–Trinajstić information content (AvgIpc) is 3.02. The Morgan fingerprint density at radius 2 is 2.23 bits per heavy atom. The third kappa shape index (κ3) is 4.05. The molecule has 118 valence electrons. The lowest BCUT2D eigenvalue weighted by atomic mass is 10.2. The first kappa shape index (κ1) is 16.5. The lowest BCUT2D eigenvalue weighted by molar-refractivity contribution is 0.0937. The van der Waals surface area contributed by atoms with Crippen molar-refractivity contribution in [2.24, 2.45) is 0 Å². The molecular formula is C16H21N3O2S. The molecule has 22 heavy (non-hydrogen) atoms. The van der Waals surface area contributed by atoms with Crippen LogP contribution in [0.3, 0.4) is 0 Å². The third-order valence-electron chi connectivity index (χ3n) is 3.25. The Bertz CT molecular complexity index is 599. The van der Waals surface area contributed by atoms with E-state index in [0.29, 0.717) is 24.6 Å². The molecule has 0 spiro atoms. The number of amides is 1. The molecule has 1 amide bonds. The van der Waals surface area contributed by atoms with E-state index in [9.17, 15) is 4.79 Å². The summed E-state index contributed by atoms with van der Waals surface area (Å²) in [6.45, 7) is 2.88. The number of hydrogen-bond acceptors (Lipinski definition) is 5. The maximum absolute atomic E-state index is 12.4. The van der Waals surface area contributed by atoms with E-state index in [1.807, 2.05) is 32.5 Å². The van der Waals surface area contributed by atoms with Crippen LogP contribution in [0.15, 0.2) is 35.8 Å². The van der Waals surface area contributed by atoms with Gasteiger partial charge in [0.15, 0.2) is 0 Å². The molecule has 0 fully saturated rings. The highest BCUT2D eigenvalue weighted by Crippen LogP contribution is 2.22. The van der Waals surface area contributed by atoms with Crippen LogP contribution in [0.4, 0.5) is 0 Å². The van der Waals surface area contributed by atoms with Crippen LogP contribution in [-0.4, -0.2) is 43.0 Å². The van der Waals surface area contributed by atoms with Gasteiger partial charge in [-0.3, -0.25) is 4.79 Å². The number of likely N-dealkylation sites (N-methyl/N-ethyl adjacent to an activating group) is 1. The quantitative estimate of drug-likeness (QED) is 0.852. The molecule has 1 atom stereocenters. The highest BCUT2D eigenvalue weighted by molar-refractivity contribution is 7.10. The normalized spacial score (nSPS) is 12.2. The fourth-order valence-electron chi connectivity index (χ4n) is 2.12. The first-order valence-electron chi connectivity index (χ1n) is 7.19. The predicted octanol–water partition coefficient (Wildman–Crippen LogP) is 2.57. The van der Waals surface area contributed by atoms with Gasteiger partial charge in [0.05, 0.1) is 12.6 Å². The average molecular weight is 319 g/mol. The standard InChI is InChI=1S/C16H21N3O2S/c1-4-21-16-12(7-5-9-17-16)15(20)18-11-13(19(2)3)14-8-6-10-22-14/h5-10,13H,4,11H2,1-3H3,(H,18,20)/t13-/m1/s1. The van der Waals surface area contributed by atoms with Crippen LogP contribution in [0.1, 0.15) is 28.2 Å². The molecule has 0 unspecified atom stereocenters. The molecule has 5 nitrogen and oxygen atoms in total. The molecule has 0 saturated heterocycles. The van der Waals surface area contributed by atoms with Gasteiger partial charge in [-0.1, -0.05) is 6.07 Å². The van der Waals surface area contributed by atoms with E-state index < -0.39 is 0 Å². The maximum atomic E-state index is 12.4. The third-order valence-corrected chi connectivity index (χ3v) is 4.22. The maximum Gasteiger partial charge on any atom is 0.256 e. The van der Waals surface area contributed by atoms with E-state index in [1.54, 1.807) is 29.7 Å². The Balaban J connectivity index is 2.06. The molecule has 0 aromatic carbocycles. The van der Waals surface area contributed by atoms with Gasteiger partial charge in [0.25, 0.3) is 5.91 Å². The topological polar surface area (TPSA) is 54.5 Å². The van der Waals surface area contributed by atoms with Crippen LogP contribution in [0.5, 0.6) is 5.88 Å². The molecule has 0 radical (unpaired) electrons. The van der Waals surface area contributed by atoms with E-state index in [4.69, 9.17) is 4.74 Å². The van der Waals surface area contributed by atoms with Gasteiger partial charge in [-0.05, 0) is 44.6 Å². The van der Waals surface area contributed by atoms with Crippen LogP contribution in [0, 0.1) is 0 Å². The molecule has 0 aliphatic carbocycles. The van der Waals surface area contributed by atoms with Gasteiger partial charge in [-0.25, -0.2) is 4.98 Å². The molecule has 0 saturated carbocycles. The summed E-state index contributed by atoms with van der Waals surface area (Å²) >= 11 is 1.69. The van der Waals surface area contributed by atoms with E-state index in [0.717, 1.165) is 0 Å². The number of rotatable bonds is 7. The number of hydrogen-bond donors (Lipinski definition) is 1. The summed E-state index contributed by atoms with van der Waals surface area (Å²) in [4.78, 5) is 19.8. The largest absolute Gasteiger partial charge is 0.477 e. The van der Waals surface area contributed by atoms with Crippen LogP contribution in [0.25, 0.3) is 0 Å². The Morgan fingerprint density at radius 3 is 2.86 bits per heavy atom. The van der Waals surface area contributed by atoms with Gasteiger partial charge in [-0.15, -0.1) is 11.3 Å². The number of aromatic nitrogens is 1. The summed E-state index contributed by atoms with van der Waals surface area (Å²) < 4.78 is 5.40. The molecule has 0 aliphatic rings. The number of carbonyl (C=O) groups excluding carboxylic acids is 1. The predicted molar refractivity (Wildman–Crippen MR) is 88.5 cm³/mol. The summed E-state index contributed by atoms with van der Waals surface area (Å²) in [6.07, 6.45) is 1.62. The molecular weight excluding hydrogens is 298 g/mol. The summed E-state index contributed by atoms with van der Waals surface area (Å²) in [5, 5.41) is 5.02. The SMILES string of the molecule is CCOc1ncccc1C(=O)NC[C@H](c1cccs1)N(C)C. The van der Waals surface area contributed by atoms with Gasteiger partial charge in [-0.2, -0.15) is 0 Å². The van der Waals surface area contributed by atoms with Crippen molar-refractivity contribution in [3.8, 4) is 5.88 Å². The molecule has 2 rings (SSSR count). The van der Waals surface area contributed by atoms with Crippen LogP contribution in [-0.2, 0) is 0 Å². The van der Waals surface area contributed by atoms with Crippen LogP contribution in [0.2, 0.25) is 0 Å². The summed E-state index contributed by atoms with van der Waals surface area (Å²) in [6, 6.07) is 7.71. The lowest BCUT2D eigenvalue weighted by Gasteiger charge is -2.23. The Labute approximate surface area is 134 Å². The molecule has 0 bridgehead atoms.